The lowest BCUT2D eigenvalue weighted by atomic mass is 9.95. The third-order valence-electron chi connectivity index (χ3n) is 8.39. The Labute approximate surface area is 250 Å². The van der Waals surface area contributed by atoms with E-state index < -0.39 is 0 Å². The smallest absolute Gasteiger partial charge is 0.109 e. The molecule has 2 aromatic heterocycles. The Hall–Kier alpha value is -3.71. The number of rotatable bonds is 8. The standard InChI is InChI=1S/C32H35ClN8O/c1-32(2,3)18-36-29-20(11-34)12-35-30-25(29)9-21(10-27(30)33)37-31(28-15-41(39-38-28)22-7-8-22)24-6-4-5-19-13-40(14-26(19)24)23-16-42-17-23/h4-6,9-10,12,15,22-23,31,37H,7-8,13-14,16-18H2,1-3H3,(H,35,36)/t31-/m0/s1. The van der Waals surface area contributed by atoms with Crippen LogP contribution in [0, 0.1) is 16.7 Å². The van der Waals surface area contributed by atoms with Crippen molar-refractivity contribution in [3.8, 4) is 6.07 Å². The van der Waals surface area contributed by atoms with Gasteiger partial charge in [-0.3, -0.25) is 9.88 Å². The van der Waals surface area contributed by atoms with Gasteiger partial charge in [0.1, 0.15) is 11.8 Å². The van der Waals surface area contributed by atoms with Crippen molar-refractivity contribution in [3.05, 3.63) is 75.7 Å². The van der Waals surface area contributed by atoms with Gasteiger partial charge >= 0.3 is 0 Å². The number of anilines is 2. The first-order valence-electron chi connectivity index (χ1n) is 14.6. The van der Waals surface area contributed by atoms with Crippen LogP contribution < -0.4 is 10.6 Å². The highest BCUT2D eigenvalue weighted by Gasteiger charge is 2.34. The van der Waals surface area contributed by atoms with Gasteiger partial charge in [-0.15, -0.1) is 5.10 Å². The van der Waals surface area contributed by atoms with E-state index in [4.69, 9.17) is 16.3 Å². The van der Waals surface area contributed by atoms with Gasteiger partial charge in [0.05, 0.1) is 59.3 Å². The van der Waals surface area contributed by atoms with Crippen LogP contribution in [0.25, 0.3) is 10.9 Å². The van der Waals surface area contributed by atoms with E-state index >= 15 is 0 Å². The molecule has 2 aliphatic heterocycles. The molecule has 0 spiro atoms. The second kappa shape index (κ2) is 10.5. The van der Waals surface area contributed by atoms with Crippen molar-refractivity contribution in [1.82, 2.24) is 24.9 Å². The molecule has 3 aliphatic rings. The summed E-state index contributed by atoms with van der Waals surface area (Å²) in [6.07, 6.45) is 5.95. The number of ether oxygens (including phenoxy) is 1. The lowest BCUT2D eigenvalue weighted by Gasteiger charge is -2.34. The minimum Gasteiger partial charge on any atom is -0.383 e. The van der Waals surface area contributed by atoms with E-state index in [1.165, 1.54) is 16.7 Å². The van der Waals surface area contributed by atoms with Crippen molar-refractivity contribution in [2.75, 3.05) is 30.4 Å². The number of hydrogen-bond acceptors (Lipinski definition) is 8. The zero-order valence-electron chi connectivity index (χ0n) is 24.2. The van der Waals surface area contributed by atoms with E-state index in [2.05, 4.69) is 82.1 Å². The van der Waals surface area contributed by atoms with Crippen molar-refractivity contribution in [2.24, 2.45) is 5.41 Å². The van der Waals surface area contributed by atoms with Crippen LogP contribution in [-0.4, -0.2) is 50.7 Å². The number of halogens is 1. The average molecular weight is 583 g/mol. The van der Waals surface area contributed by atoms with Gasteiger partial charge in [-0.05, 0) is 47.1 Å². The van der Waals surface area contributed by atoms with Gasteiger partial charge in [0.2, 0.25) is 0 Å². The molecule has 2 fully saturated rings. The first kappa shape index (κ1) is 27.1. The zero-order valence-corrected chi connectivity index (χ0v) is 24.9. The maximum atomic E-state index is 9.90. The number of nitrogens with one attached hydrogen (secondary N) is 2. The summed E-state index contributed by atoms with van der Waals surface area (Å²) >= 11 is 6.86. The maximum Gasteiger partial charge on any atom is 0.109 e. The molecule has 9 nitrogen and oxygen atoms in total. The summed E-state index contributed by atoms with van der Waals surface area (Å²) < 4.78 is 7.49. The highest BCUT2D eigenvalue weighted by atomic mass is 35.5. The van der Waals surface area contributed by atoms with Gasteiger partial charge in [0.25, 0.3) is 0 Å². The third-order valence-corrected chi connectivity index (χ3v) is 8.68. The van der Waals surface area contributed by atoms with Crippen LogP contribution in [0.4, 0.5) is 11.4 Å². The fourth-order valence-corrected chi connectivity index (χ4v) is 6.09. The van der Waals surface area contributed by atoms with Crippen LogP contribution in [-0.2, 0) is 17.8 Å². The molecule has 1 atom stereocenters. The molecule has 2 N–H and O–H groups in total. The van der Waals surface area contributed by atoms with Crippen LogP contribution in [0.15, 0.2) is 42.7 Å². The topological polar surface area (TPSA) is 104 Å². The molecule has 4 aromatic rings. The number of benzene rings is 2. The maximum absolute atomic E-state index is 9.90. The summed E-state index contributed by atoms with van der Waals surface area (Å²) in [6, 6.07) is 13.5. The molecule has 1 saturated carbocycles. The highest BCUT2D eigenvalue weighted by Crippen LogP contribution is 2.40. The molecular weight excluding hydrogens is 548 g/mol. The molecule has 216 valence electrons. The minimum atomic E-state index is -0.239. The summed E-state index contributed by atoms with van der Waals surface area (Å²) in [6.45, 7) is 10.6. The molecule has 2 aromatic carbocycles. The van der Waals surface area contributed by atoms with Gasteiger partial charge in [-0.1, -0.05) is 55.8 Å². The van der Waals surface area contributed by atoms with Gasteiger partial charge < -0.3 is 15.4 Å². The van der Waals surface area contributed by atoms with E-state index in [0.29, 0.717) is 34.7 Å². The molecule has 0 unspecified atom stereocenters. The Balaban J connectivity index is 1.30. The molecule has 0 amide bonds. The largest absolute Gasteiger partial charge is 0.383 e. The molecular formula is C32H35ClN8O. The predicted molar refractivity (Wildman–Crippen MR) is 163 cm³/mol. The fraction of sp³-hybridized carbons (Fsp3) is 0.438. The number of nitrogens with zero attached hydrogens (tertiary/aromatic N) is 6. The summed E-state index contributed by atoms with van der Waals surface area (Å²) in [4.78, 5) is 7.05. The quantitative estimate of drug-likeness (QED) is 0.258. The highest BCUT2D eigenvalue weighted by molar-refractivity contribution is 6.35. The van der Waals surface area contributed by atoms with Crippen molar-refractivity contribution in [3.63, 3.8) is 0 Å². The molecule has 0 radical (unpaired) electrons. The van der Waals surface area contributed by atoms with Crippen LogP contribution >= 0.6 is 11.6 Å². The Morgan fingerprint density at radius 1 is 1.17 bits per heavy atom. The van der Waals surface area contributed by atoms with Crippen molar-refractivity contribution in [2.45, 2.75) is 64.8 Å². The van der Waals surface area contributed by atoms with Gasteiger partial charge in [0.15, 0.2) is 0 Å². The number of nitriles is 1. The number of fused-ring (bicyclic) bond motifs is 2. The Bertz CT molecular complexity index is 1700. The van der Waals surface area contributed by atoms with Crippen molar-refractivity contribution in [1.29, 1.82) is 5.26 Å². The van der Waals surface area contributed by atoms with E-state index in [9.17, 15) is 5.26 Å². The summed E-state index contributed by atoms with van der Waals surface area (Å²) in [5, 5.41) is 27.7. The zero-order chi connectivity index (χ0) is 29.0. The SMILES string of the molecule is CC(C)(C)CNc1c(C#N)cnc2c(Cl)cc(N[C@H](c3cn(C4CC4)nn3)c3cccc4c3CN(C3COC3)C4)cc12. The minimum absolute atomic E-state index is 0.0215. The Morgan fingerprint density at radius 2 is 2.00 bits per heavy atom. The second-order valence-corrected chi connectivity index (χ2v) is 13.3. The van der Waals surface area contributed by atoms with Crippen molar-refractivity contribution >= 4 is 33.9 Å². The number of aromatic nitrogens is 4. The normalized spacial score (nSPS) is 18.0. The van der Waals surface area contributed by atoms with Crippen molar-refractivity contribution < 1.29 is 4.74 Å². The lowest BCUT2D eigenvalue weighted by Crippen LogP contribution is -2.46. The first-order valence-corrected chi connectivity index (χ1v) is 15.0. The van der Waals surface area contributed by atoms with Gasteiger partial charge in [-0.2, -0.15) is 5.26 Å². The number of hydrogen-bond donors (Lipinski definition) is 2. The average Bonchev–Trinajstić information content (AvgIpc) is 3.50. The molecule has 1 aliphatic carbocycles. The first-order chi connectivity index (χ1) is 20.3. The van der Waals surface area contributed by atoms with E-state index in [0.717, 1.165) is 61.6 Å². The molecule has 0 bridgehead atoms. The second-order valence-electron chi connectivity index (χ2n) is 12.9. The van der Waals surface area contributed by atoms with E-state index in [1.807, 2.05) is 16.8 Å². The molecule has 7 rings (SSSR count). The monoisotopic (exact) mass is 582 g/mol. The molecule has 10 heteroatoms. The fourth-order valence-electron chi connectivity index (χ4n) is 5.83. The van der Waals surface area contributed by atoms with Crippen LogP contribution in [0.3, 0.4) is 0 Å². The van der Waals surface area contributed by atoms with Crippen LogP contribution in [0.5, 0.6) is 0 Å². The van der Waals surface area contributed by atoms with E-state index in [1.54, 1.807) is 6.20 Å². The molecule has 1 saturated heterocycles. The third kappa shape index (κ3) is 5.19. The van der Waals surface area contributed by atoms with Gasteiger partial charge in [0, 0.05) is 36.9 Å². The molecule has 4 heterocycles. The Morgan fingerprint density at radius 3 is 2.71 bits per heavy atom. The Kier molecular flexibility index (Phi) is 6.81. The van der Waals surface area contributed by atoms with E-state index in [-0.39, 0.29) is 11.5 Å². The number of pyridine rings is 1. The van der Waals surface area contributed by atoms with Crippen LogP contribution in [0.1, 0.15) is 73.6 Å². The predicted octanol–water partition coefficient (Wildman–Crippen LogP) is 6.06. The van der Waals surface area contributed by atoms with Gasteiger partial charge in [-0.25, -0.2) is 4.68 Å². The molecule has 42 heavy (non-hydrogen) atoms. The summed E-state index contributed by atoms with van der Waals surface area (Å²) in [5.41, 5.74) is 7.47. The lowest BCUT2D eigenvalue weighted by molar-refractivity contribution is -0.0670. The summed E-state index contributed by atoms with van der Waals surface area (Å²) in [7, 11) is 0. The van der Waals surface area contributed by atoms with Crippen LogP contribution in [0.2, 0.25) is 5.02 Å². The summed E-state index contributed by atoms with van der Waals surface area (Å²) in [5.74, 6) is 0.